The average Bonchev–Trinajstić information content (AvgIpc) is 2.91. The fourth-order valence-electron chi connectivity index (χ4n) is 2.28. The molecule has 0 saturated heterocycles. The Balaban J connectivity index is 1.95. The number of methoxy groups -OCH3 is 1. The van der Waals surface area contributed by atoms with Gasteiger partial charge >= 0.3 is 5.97 Å². The van der Waals surface area contributed by atoms with Crippen LogP contribution in [-0.4, -0.2) is 42.2 Å². The summed E-state index contributed by atoms with van der Waals surface area (Å²) in [7, 11) is 1.36. The van der Waals surface area contributed by atoms with Crippen LogP contribution in [0.25, 0.3) is 0 Å². The van der Waals surface area contributed by atoms with Crippen LogP contribution >= 0.6 is 11.8 Å². The van der Waals surface area contributed by atoms with Gasteiger partial charge in [0, 0.05) is 18.0 Å². The summed E-state index contributed by atoms with van der Waals surface area (Å²) in [5.41, 5.74) is 1.24. The Kier molecular flexibility index (Phi) is 5.06. The number of fused-ring (bicyclic) bond motifs is 1. The van der Waals surface area contributed by atoms with E-state index in [2.05, 4.69) is 16.9 Å². The van der Waals surface area contributed by atoms with Crippen LogP contribution in [0.2, 0.25) is 0 Å². The minimum absolute atomic E-state index is 0.0648. The number of esters is 1. The normalized spacial score (nSPS) is 16.6. The Hall–Kier alpha value is -1.49. The number of amides is 1. The quantitative estimate of drug-likeness (QED) is 0.780. The molecule has 0 bridgehead atoms. The molecule has 0 spiro atoms. The monoisotopic (exact) mass is 293 g/mol. The van der Waals surface area contributed by atoms with Crippen LogP contribution < -0.4 is 0 Å². The molecule has 0 aromatic heterocycles. The summed E-state index contributed by atoms with van der Waals surface area (Å²) < 4.78 is 4.62. The molecule has 0 fully saturated rings. The van der Waals surface area contributed by atoms with Crippen LogP contribution in [0.4, 0.5) is 0 Å². The Morgan fingerprint density at radius 1 is 1.40 bits per heavy atom. The van der Waals surface area contributed by atoms with Crippen molar-refractivity contribution in [3.8, 4) is 0 Å². The topological polar surface area (TPSA) is 46.6 Å². The van der Waals surface area contributed by atoms with E-state index in [1.807, 2.05) is 19.1 Å². The number of thioether (sulfide) groups is 1. The van der Waals surface area contributed by atoms with Gasteiger partial charge in [-0.1, -0.05) is 18.2 Å². The van der Waals surface area contributed by atoms with E-state index in [1.165, 1.54) is 17.6 Å². The van der Waals surface area contributed by atoms with Crippen molar-refractivity contribution in [2.24, 2.45) is 0 Å². The van der Waals surface area contributed by atoms with E-state index in [0.717, 1.165) is 6.42 Å². The minimum atomic E-state index is -0.279. The molecule has 4 nitrogen and oxygen atoms in total. The fourth-order valence-corrected chi connectivity index (χ4v) is 3.56. The lowest BCUT2D eigenvalue weighted by molar-refractivity contribution is -0.141. The van der Waals surface area contributed by atoms with Crippen molar-refractivity contribution in [1.82, 2.24) is 4.90 Å². The molecule has 20 heavy (non-hydrogen) atoms. The number of hydrogen-bond acceptors (Lipinski definition) is 4. The lowest BCUT2D eigenvalue weighted by Crippen LogP contribution is -2.39. The van der Waals surface area contributed by atoms with E-state index < -0.39 is 0 Å². The van der Waals surface area contributed by atoms with Crippen LogP contribution in [0.3, 0.4) is 0 Å². The number of ether oxygens (including phenoxy) is 1. The number of benzene rings is 1. The van der Waals surface area contributed by atoms with E-state index in [1.54, 1.807) is 16.7 Å². The van der Waals surface area contributed by atoms with Crippen molar-refractivity contribution in [3.63, 3.8) is 0 Å². The van der Waals surface area contributed by atoms with Gasteiger partial charge in [-0.15, -0.1) is 11.8 Å². The molecule has 0 aliphatic carbocycles. The van der Waals surface area contributed by atoms with Gasteiger partial charge in [-0.2, -0.15) is 0 Å². The molecule has 1 aliphatic heterocycles. The summed E-state index contributed by atoms with van der Waals surface area (Å²) in [6.07, 6.45) is 1.02. The highest BCUT2D eigenvalue weighted by molar-refractivity contribution is 8.01. The van der Waals surface area contributed by atoms with Gasteiger partial charge in [0.15, 0.2) is 0 Å². The largest absolute Gasteiger partial charge is 0.469 e. The molecule has 1 aromatic rings. The number of rotatable bonds is 5. The molecular weight excluding hydrogens is 274 g/mol. The summed E-state index contributed by atoms with van der Waals surface area (Å²) in [4.78, 5) is 26.6. The average molecular weight is 293 g/mol. The number of nitrogens with zero attached hydrogens (tertiary/aromatic N) is 1. The molecule has 1 amide bonds. The maximum Gasteiger partial charge on any atom is 0.307 e. The lowest BCUT2D eigenvalue weighted by atomic mass is 10.1. The molecule has 1 heterocycles. The number of hydrogen-bond donors (Lipinski definition) is 0. The van der Waals surface area contributed by atoms with Crippen LogP contribution in [0.15, 0.2) is 29.2 Å². The summed E-state index contributed by atoms with van der Waals surface area (Å²) in [6.45, 7) is 2.97. The van der Waals surface area contributed by atoms with Gasteiger partial charge in [0.1, 0.15) is 0 Å². The molecular formula is C15H19NO3S. The summed E-state index contributed by atoms with van der Waals surface area (Å²) in [5.74, 6) is -0.170. The molecule has 0 radical (unpaired) electrons. The zero-order valence-electron chi connectivity index (χ0n) is 11.8. The highest BCUT2D eigenvalue weighted by atomic mass is 32.2. The van der Waals surface area contributed by atoms with E-state index in [-0.39, 0.29) is 23.5 Å². The molecule has 1 aliphatic rings. The van der Waals surface area contributed by atoms with Gasteiger partial charge in [0.25, 0.3) is 0 Å². The molecule has 5 heteroatoms. The predicted molar refractivity (Wildman–Crippen MR) is 78.7 cm³/mol. The lowest BCUT2D eigenvalue weighted by Gasteiger charge is -2.23. The first kappa shape index (κ1) is 14.9. The third-order valence-electron chi connectivity index (χ3n) is 3.43. The van der Waals surface area contributed by atoms with Crippen molar-refractivity contribution in [1.29, 1.82) is 0 Å². The first-order valence-electron chi connectivity index (χ1n) is 6.75. The van der Waals surface area contributed by atoms with Gasteiger partial charge in [-0.3, -0.25) is 9.59 Å². The zero-order valence-corrected chi connectivity index (χ0v) is 12.6. The molecule has 108 valence electrons. The Morgan fingerprint density at radius 3 is 2.80 bits per heavy atom. The first-order valence-corrected chi connectivity index (χ1v) is 7.63. The van der Waals surface area contributed by atoms with Crippen molar-refractivity contribution < 1.29 is 14.3 Å². The highest BCUT2D eigenvalue weighted by Crippen LogP contribution is 2.37. The standard InChI is InChI=1S/C15H19NO3S/c1-3-16(9-8-14(17)19-2)15(18)13-10-11-6-4-5-7-12(11)20-13/h4-7,13H,3,8-10H2,1-2H3. The maximum absolute atomic E-state index is 12.5. The number of carbonyl (C=O) groups is 2. The second-order valence-electron chi connectivity index (χ2n) is 4.66. The molecule has 1 atom stereocenters. The Morgan fingerprint density at radius 2 is 2.15 bits per heavy atom. The van der Waals surface area contributed by atoms with E-state index in [9.17, 15) is 9.59 Å². The molecule has 2 rings (SSSR count). The molecule has 0 N–H and O–H groups in total. The number of carbonyl (C=O) groups excluding carboxylic acids is 2. The van der Waals surface area contributed by atoms with Crippen LogP contribution in [0, 0.1) is 0 Å². The van der Waals surface area contributed by atoms with Crippen molar-refractivity contribution in [3.05, 3.63) is 29.8 Å². The first-order chi connectivity index (χ1) is 9.65. The zero-order chi connectivity index (χ0) is 14.5. The van der Waals surface area contributed by atoms with Crippen molar-refractivity contribution in [2.45, 2.75) is 29.9 Å². The smallest absolute Gasteiger partial charge is 0.307 e. The van der Waals surface area contributed by atoms with Crippen LogP contribution in [0.1, 0.15) is 18.9 Å². The van der Waals surface area contributed by atoms with Crippen molar-refractivity contribution >= 4 is 23.6 Å². The molecule has 1 unspecified atom stereocenters. The minimum Gasteiger partial charge on any atom is -0.469 e. The summed E-state index contributed by atoms with van der Waals surface area (Å²) in [6, 6.07) is 8.12. The summed E-state index contributed by atoms with van der Waals surface area (Å²) >= 11 is 1.62. The Labute approximate surface area is 123 Å². The van der Waals surface area contributed by atoms with Crippen LogP contribution in [-0.2, 0) is 20.7 Å². The fraction of sp³-hybridized carbons (Fsp3) is 0.467. The third kappa shape index (κ3) is 3.33. The SMILES string of the molecule is CCN(CCC(=O)OC)C(=O)C1Cc2ccccc2S1. The predicted octanol–water partition coefficient (Wildman–Crippen LogP) is 2.11. The summed E-state index contributed by atoms with van der Waals surface area (Å²) in [5, 5.41) is -0.0648. The van der Waals surface area contributed by atoms with Gasteiger partial charge in [0.2, 0.25) is 5.91 Å². The Bertz CT molecular complexity index is 479. The van der Waals surface area contributed by atoms with E-state index in [0.29, 0.717) is 13.1 Å². The van der Waals surface area contributed by atoms with Gasteiger partial charge < -0.3 is 9.64 Å². The van der Waals surface area contributed by atoms with Crippen molar-refractivity contribution in [2.75, 3.05) is 20.2 Å². The second-order valence-corrected chi connectivity index (χ2v) is 5.91. The molecule has 0 saturated carbocycles. The van der Waals surface area contributed by atoms with Crippen LogP contribution in [0.5, 0.6) is 0 Å². The van der Waals surface area contributed by atoms with E-state index >= 15 is 0 Å². The van der Waals surface area contributed by atoms with Gasteiger partial charge in [-0.25, -0.2) is 0 Å². The third-order valence-corrected chi connectivity index (χ3v) is 4.73. The second kappa shape index (κ2) is 6.79. The van der Waals surface area contributed by atoms with E-state index in [4.69, 9.17) is 0 Å². The molecule has 1 aromatic carbocycles. The van der Waals surface area contributed by atoms with Gasteiger partial charge in [0.05, 0.1) is 18.8 Å². The maximum atomic E-state index is 12.5. The highest BCUT2D eigenvalue weighted by Gasteiger charge is 2.30. The van der Waals surface area contributed by atoms with Gasteiger partial charge in [-0.05, 0) is 25.0 Å².